The average Bonchev–Trinajstić information content (AvgIpc) is 4.16. The van der Waals surface area contributed by atoms with Crippen LogP contribution in [0.2, 0.25) is 0 Å². The van der Waals surface area contributed by atoms with Gasteiger partial charge in [-0.25, -0.2) is 4.98 Å². The van der Waals surface area contributed by atoms with Gasteiger partial charge < -0.3 is 61.7 Å². The highest BCUT2D eigenvalue weighted by Gasteiger charge is 2.41. The first-order chi connectivity index (χ1) is 36.1. The van der Waals surface area contributed by atoms with Crippen LogP contribution in [0.4, 0.5) is 0 Å². The number of ketones is 1. The van der Waals surface area contributed by atoms with E-state index in [-0.39, 0.29) is 87.2 Å². The van der Waals surface area contributed by atoms with Crippen LogP contribution in [-0.4, -0.2) is 134 Å². The van der Waals surface area contributed by atoms with Crippen LogP contribution in [0.5, 0.6) is 5.75 Å². The van der Waals surface area contributed by atoms with Crippen LogP contribution < -0.4 is 37.2 Å². The molecular formula is C53H75BrN10O12. The Hall–Kier alpha value is -6.62. The summed E-state index contributed by atoms with van der Waals surface area (Å²) in [5.41, 5.74) is 1.42. The zero-order valence-electron chi connectivity index (χ0n) is 44.5. The standard InChI is InChI=1S/C53H75BrN10O12/c1-9-28(7)42(63-50(73)43(67)29(8)10-2)49(72)59-34(11-3)47(70)61-37-15-13-21-55-46(69)39(25-33-32-24-31(65)18-19-36(32)58-45(33)54)57-41(66)20-17-30-26-76-52(56-30)35(12-4)60-51(74)44(68)38(23-27(5)6)62-48(71)40-16-14-22-64(40)53(37)75/h17-20,24,26-29,34-35,37-40,42-43,58,65,67H,9-16,21-23,25H2,1-8H3,(H,55,69)(H,57,66)(H,59,72)(H,60,74)(H,61,70)(H,62,71)(H,63,73)/b20-17+/t28?,29?,34-,35-,37-,38+,39-,40-,42-,43?/m0/s1. The number of Topliss-reactive ketones (excluding diaryl/α,β-unsaturated/α-hetero) is 1. The number of aromatic amines is 1. The van der Waals surface area contributed by atoms with Crippen LogP contribution >= 0.6 is 15.9 Å². The summed E-state index contributed by atoms with van der Waals surface area (Å²) in [5, 5.41) is 40.7. The van der Waals surface area contributed by atoms with Gasteiger partial charge in [-0.05, 0) is 108 Å². The molecule has 8 amide bonds. The van der Waals surface area contributed by atoms with Gasteiger partial charge in [0.25, 0.3) is 5.91 Å². The minimum absolute atomic E-state index is 0.0223. The second-order valence-electron chi connectivity index (χ2n) is 20.2. The van der Waals surface area contributed by atoms with Crippen LogP contribution in [-0.2, 0) is 49.6 Å². The molecule has 22 nitrogen and oxygen atoms in total. The van der Waals surface area contributed by atoms with E-state index < -0.39 is 107 Å². The second-order valence-corrected chi connectivity index (χ2v) is 21.0. The molecule has 23 heteroatoms. The minimum atomic E-state index is -1.37. The van der Waals surface area contributed by atoms with E-state index >= 15 is 0 Å². The maximum Gasteiger partial charge on any atom is 0.290 e. The largest absolute Gasteiger partial charge is 0.508 e. The molecule has 5 rings (SSSR count). The third-order valence-electron chi connectivity index (χ3n) is 14.1. The molecule has 2 aromatic heterocycles. The molecule has 3 aromatic rings. The highest BCUT2D eigenvalue weighted by atomic mass is 79.9. The van der Waals surface area contributed by atoms with Crippen LogP contribution in [0.15, 0.2) is 39.6 Å². The van der Waals surface area contributed by atoms with Crippen LogP contribution in [0.1, 0.15) is 136 Å². The molecule has 1 aromatic carbocycles. The van der Waals surface area contributed by atoms with Gasteiger partial charge >= 0.3 is 0 Å². The number of hydrogen-bond acceptors (Lipinski definition) is 13. The summed E-state index contributed by atoms with van der Waals surface area (Å²) in [6.07, 6.45) is 4.27. The maximum absolute atomic E-state index is 14.8. The van der Waals surface area contributed by atoms with E-state index in [0.29, 0.717) is 40.3 Å². The van der Waals surface area contributed by atoms with Gasteiger partial charge in [0.15, 0.2) is 0 Å². The number of aromatic nitrogens is 2. The number of benzene rings is 1. The molecule has 0 saturated carbocycles. The van der Waals surface area contributed by atoms with Crippen molar-refractivity contribution < 1.29 is 57.8 Å². The summed E-state index contributed by atoms with van der Waals surface area (Å²) in [4.78, 5) is 134. The van der Waals surface area contributed by atoms with E-state index in [9.17, 15) is 53.4 Å². The van der Waals surface area contributed by atoms with Crippen molar-refractivity contribution in [3.05, 3.63) is 52.3 Å². The van der Waals surface area contributed by atoms with E-state index in [1.165, 1.54) is 29.4 Å². The normalized spacial score (nSPS) is 22.9. The molecule has 3 unspecified atom stereocenters. The molecule has 2 bridgehead atoms. The number of carbonyl (C=O) groups excluding carboxylic acids is 9. The second kappa shape index (κ2) is 28.0. The minimum Gasteiger partial charge on any atom is -0.508 e. The van der Waals surface area contributed by atoms with Gasteiger partial charge in [-0.15, -0.1) is 0 Å². The number of oxazole rings is 1. The summed E-state index contributed by atoms with van der Waals surface area (Å²) in [6.45, 7) is 14.2. The lowest BCUT2D eigenvalue weighted by atomic mass is 9.96. The Morgan fingerprint density at radius 2 is 1.57 bits per heavy atom. The van der Waals surface area contributed by atoms with Crippen molar-refractivity contribution >= 4 is 85.9 Å². The molecule has 1 fully saturated rings. The Labute approximate surface area is 451 Å². The number of aliphatic hydroxyl groups excluding tert-OH is 1. The lowest BCUT2D eigenvalue weighted by Gasteiger charge is -2.31. The van der Waals surface area contributed by atoms with Crippen molar-refractivity contribution in [2.45, 2.75) is 168 Å². The summed E-state index contributed by atoms with van der Waals surface area (Å²) in [5.74, 6) is -7.63. The maximum atomic E-state index is 14.8. The van der Waals surface area contributed by atoms with Crippen molar-refractivity contribution in [1.82, 2.24) is 52.1 Å². The summed E-state index contributed by atoms with van der Waals surface area (Å²) >= 11 is 3.51. The fraction of sp³-hybridized carbons (Fsp3) is 0.585. The number of halogens is 1. The highest BCUT2D eigenvalue weighted by Crippen LogP contribution is 2.31. The molecule has 0 radical (unpaired) electrons. The van der Waals surface area contributed by atoms with E-state index in [0.717, 1.165) is 6.08 Å². The first kappa shape index (κ1) is 60.2. The molecule has 0 aliphatic carbocycles. The molecule has 4 heterocycles. The first-order valence-electron chi connectivity index (χ1n) is 26.4. The SMILES string of the molecule is CCC(C)C(O)C(=O)N[C@H](C(=O)N[C@@H](CC)C(=O)N[C@H]1CCCNC(=O)[C@H](Cc2c(Br)[nH]c3ccc(O)cc23)NC(=O)/C=C/c2coc(n2)[C@H](CC)NC(=O)C(=O)[C@@H](CC(C)C)NC(=O)[C@@H]2CCCN2C1=O)C(C)CC. The fourth-order valence-corrected chi connectivity index (χ4v) is 9.73. The molecule has 76 heavy (non-hydrogen) atoms. The number of carbonyl (C=O) groups is 9. The fourth-order valence-electron chi connectivity index (χ4n) is 9.14. The van der Waals surface area contributed by atoms with Crippen molar-refractivity contribution in [3.63, 3.8) is 0 Å². The average molecular weight is 1120 g/mol. The van der Waals surface area contributed by atoms with E-state index in [2.05, 4.69) is 63.1 Å². The topological polar surface area (TPSA) is 323 Å². The molecule has 10 atom stereocenters. The van der Waals surface area contributed by atoms with Crippen molar-refractivity contribution in [2.24, 2.45) is 17.8 Å². The zero-order chi connectivity index (χ0) is 56.0. The van der Waals surface area contributed by atoms with E-state index in [1.54, 1.807) is 33.8 Å². The van der Waals surface area contributed by atoms with Crippen LogP contribution in [0.25, 0.3) is 17.0 Å². The molecule has 0 spiro atoms. The zero-order valence-corrected chi connectivity index (χ0v) is 46.1. The van der Waals surface area contributed by atoms with Crippen molar-refractivity contribution in [3.8, 4) is 5.75 Å². The van der Waals surface area contributed by atoms with Crippen LogP contribution in [0, 0.1) is 17.8 Å². The quantitative estimate of drug-likeness (QED) is 0.0923. The Bertz CT molecular complexity index is 2610. The molecule has 1 saturated heterocycles. The molecule has 416 valence electrons. The first-order valence-corrected chi connectivity index (χ1v) is 27.2. The van der Waals surface area contributed by atoms with Crippen molar-refractivity contribution in [1.29, 1.82) is 0 Å². The number of H-pyrrole nitrogens is 1. The third-order valence-corrected chi connectivity index (χ3v) is 14.8. The highest BCUT2D eigenvalue weighted by molar-refractivity contribution is 9.10. The Morgan fingerprint density at radius 3 is 2.24 bits per heavy atom. The number of nitrogens with zero attached hydrogens (tertiary/aromatic N) is 2. The number of phenolic OH excluding ortho intramolecular Hbond substituents is 1. The van der Waals surface area contributed by atoms with E-state index in [4.69, 9.17) is 4.42 Å². The number of fused-ring (bicyclic) bond motifs is 4. The lowest BCUT2D eigenvalue weighted by Crippen LogP contribution is -2.60. The lowest BCUT2D eigenvalue weighted by molar-refractivity contribution is -0.144. The number of rotatable bonds is 16. The predicted molar refractivity (Wildman–Crippen MR) is 284 cm³/mol. The number of hydrogen-bond donors (Lipinski definition) is 10. The molecular weight excluding hydrogens is 1050 g/mol. The third kappa shape index (κ3) is 15.7. The summed E-state index contributed by atoms with van der Waals surface area (Å²) in [7, 11) is 0. The predicted octanol–water partition coefficient (Wildman–Crippen LogP) is 3.25. The number of phenols is 1. The van der Waals surface area contributed by atoms with Gasteiger partial charge in [-0.3, -0.25) is 43.2 Å². The molecule has 10 N–H and O–H groups in total. The van der Waals surface area contributed by atoms with Gasteiger partial charge in [0, 0.05) is 36.5 Å². The Balaban J connectivity index is 1.48. The summed E-state index contributed by atoms with van der Waals surface area (Å²) in [6, 6.07) is -3.43. The van der Waals surface area contributed by atoms with Crippen molar-refractivity contribution in [2.75, 3.05) is 13.1 Å². The number of aromatic hydroxyl groups is 1. The number of aliphatic hydroxyl groups is 1. The Morgan fingerprint density at radius 1 is 0.842 bits per heavy atom. The molecule has 2 aliphatic heterocycles. The number of amides is 8. The van der Waals surface area contributed by atoms with Gasteiger partial charge in [-0.1, -0.05) is 68.2 Å². The van der Waals surface area contributed by atoms with Gasteiger partial charge in [-0.2, -0.15) is 0 Å². The molecule has 2 aliphatic rings. The smallest absolute Gasteiger partial charge is 0.290 e. The van der Waals surface area contributed by atoms with E-state index in [1.807, 2.05) is 27.7 Å². The van der Waals surface area contributed by atoms with Crippen LogP contribution in [0.3, 0.4) is 0 Å². The van der Waals surface area contributed by atoms with Gasteiger partial charge in [0.05, 0.1) is 10.6 Å². The van der Waals surface area contributed by atoms with Gasteiger partial charge in [0.2, 0.25) is 53.0 Å². The van der Waals surface area contributed by atoms with Gasteiger partial charge in [0.1, 0.15) is 60.1 Å². The number of nitrogens with one attached hydrogen (secondary N) is 8. The summed E-state index contributed by atoms with van der Waals surface area (Å²) < 4.78 is 6.17. The monoisotopic (exact) mass is 1120 g/mol. The Kier molecular flexibility index (Phi) is 22.2.